The van der Waals surface area contributed by atoms with Crippen LogP contribution in [-0.2, 0) is 0 Å². The van der Waals surface area contributed by atoms with E-state index < -0.39 is 17.4 Å². The van der Waals surface area contributed by atoms with Crippen molar-refractivity contribution in [3.05, 3.63) is 63.7 Å². The van der Waals surface area contributed by atoms with Crippen molar-refractivity contribution in [2.24, 2.45) is 0 Å². The number of rotatable bonds is 5. The monoisotopic (exact) mass is 322 g/mol. The van der Waals surface area contributed by atoms with Crippen LogP contribution in [-0.4, -0.2) is 17.4 Å². The molecule has 0 aromatic heterocycles. The van der Waals surface area contributed by atoms with Crippen LogP contribution < -0.4 is 10.1 Å². The number of aryl methyl sites for hydroxylation is 1. The van der Waals surface area contributed by atoms with Gasteiger partial charge in [-0.05, 0) is 42.8 Å². The molecular formula is C15H12F2N2O4. The van der Waals surface area contributed by atoms with Crippen LogP contribution in [0.3, 0.4) is 0 Å². The van der Waals surface area contributed by atoms with Gasteiger partial charge in [-0.25, -0.2) is 0 Å². The molecule has 0 aliphatic carbocycles. The standard InChI is InChI=1S/C15H12F2N2O4/c1-9-8-11(19(21)22)4-7-13(9)18-14(20)10-2-5-12(6-3-10)23-15(16)17/h2-8,15H,1H3,(H,18,20). The van der Waals surface area contributed by atoms with Crippen LogP contribution in [0.4, 0.5) is 20.2 Å². The highest BCUT2D eigenvalue weighted by molar-refractivity contribution is 6.04. The summed E-state index contributed by atoms with van der Waals surface area (Å²) < 4.78 is 28.3. The zero-order chi connectivity index (χ0) is 17.0. The van der Waals surface area contributed by atoms with Gasteiger partial charge in [0.25, 0.3) is 11.6 Å². The maximum Gasteiger partial charge on any atom is 0.387 e. The van der Waals surface area contributed by atoms with Crippen LogP contribution >= 0.6 is 0 Å². The molecule has 1 N–H and O–H groups in total. The smallest absolute Gasteiger partial charge is 0.387 e. The number of hydrogen-bond acceptors (Lipinski definition) is 4. The number of halogens is 2. The zero-order valence-electron chi connectivity index (χ0n) is 12.0. The molecule has 2 aromatic carbocycles. The van der Waals surface area contributed by atoms with Gasteiger partial charge in [0.05, 0.1) is 4.92 Å². The van der Waals surface area contributed by atoms with Gasteiger partial charge in [-0.2, -0.15) is 8.78 Å². The number of carbonyl (C=O) groups excluding carboxylic acids is 1. The Labute approximate surface area is 129 Å². The van der Waals surface area contributed by atoms with E-state index in [1.165, 1.54) is 42.5 Å². The van der Waals surface area contributed by atoms with E-state index in [0.717, 1.165) is 0 Å². The van der Waals surface area contributed by atoms with Gasteiger partial charge in [-0.15, -0.1) is 0 Å². The van der Waals surface area contributed by atoms with Crippen molar-refractivity contribution in [2.45, 2.75) is 13.5 Å². The fourth-order valence-corrected chi connectivity index (χ4v) is 1.88. The summed E-state index contributed by atoms with van der Waals surface area (Å²) >= 11 is 0. The molecule has 2 aromatic rings. The number of benzene rings is 2. The van der Waals surface area contributed by atoms with Crippen molar-refractivity contribution in [2.75, 3.05) is 5.32 Å². The third-order valence-corrected chi connectivity index (χ3v) is 3.01. The molecule has 2 rings (SSSR count). The molecule has 0 spiro atoms. The van der Waals surface area contributed by atoms with E-state index in [4.69, 9.17) is 0 Å². The summed E-state index contributed by atoms with van der Waals surface area (Å²) in [5.74, 6) is -0.520. The van der Waals surface area contributed by atoms with Gasteiger partial charge >= 0.3 is 6.61 Å². The molecule has 120 valence electrons. The van der Waals surface area contributed by atoms with E-state index in [-0.39, 0.29) is 17.0 Å². The zero-order valence-corrected chi connectivity index (χ0v) is 12.0. The molecule has 1 amide bonds. The summed E-state index contributed by atoms with van der Waals surface area (Å²) in [6.07, 6.45) is 0. The first-order valence-corrected chi connectivity index (χ1v) is 6.48. The fraction of sp³-hybridized carbons (Fsp3) is 0.133. The predicted octanol–water partition coefficient (Wildman–Crippen LogP) is 3.76. The average Bonchev–Trinajstić information content (AvgIpc) is 2.49. The molecular weight excluding hydrogens is 310 g/mol. The summed E-state index contributed by atoms with van der Waals surface area (Å²) in [5, 5.41) is 13.3. The summed E-state index contributed by atoms with van der Waals surface area (Å²) in [6, 6.07) is 9.24. The van der Waals surface area contributed by atoms with Crippen molar-refractivity contribution in [3.8, 4) is 5.75 Å². The first-order chi connectivity index (χ1) is 10.9. The van der Waals surface area contributed by atoms with Crippen LogP contribution in [0, 0.1) is 17.0 Å². The summed E-state index contributed by atoms with van der Waals surface area (Å²) in [6.45, 7) is -1.31. The Kier molecular flexibility index (Phi) is 4.85. The van der Waals surface area contributed by atoms with E-state index in [1.54, 1.807) is 6.92 Å². The molecule has 0 saturated carbocycles. The lowest BCUT2D eigenvalue weighted by atomic mass is 10.1. The molecule has 0 unspecified atom stereocenters. The maximum absolute atomic E-state index is 12.1. The van der Waals surface area contributed by atoms with Gasteiger partial charge in [0.1, 0.15) is 5.75 Å². The molecule has 0 radical (unpaired) electrons. The van der Waals surface area contributed by atoms with Crippen LogP contribution in [0.25, 0.3) is 0 Å². The molecule has 23 heavy (non-hydrogen) atoms. The Morgan fingerprint density at radius 2 is 1.87 bits per heavy atom. The Morgan fingerprint density at radius 3 is 2.39 bits per heavy atom. The highest BCUT2D eigenvalue weighted by Crippen LogP contribution is 2.22. The number of anilines is 1. The maximum atomic E-state index is 12.1. The van der Waals surface area contributed by atoms with E-state index in [1.807, 2.05) is 0 Å². The molecule has 0 bridgehead atoms. The van der Waals surface area contributed by atoms with Crippen molar-refractivity contribution >= 4 is 17.3 Å². The van der Waals surface area contributed by atoms with Crippen molar-refractivity contribution in [1.29, 1.82) is 0 Å². The van der Waals surface area contributed by atoms with E-state index >= 15 is 0 Å². The first-order valence-electron chi connectivity index (χ1n) is 6.48. The topological polar surface area (TPSA) is 81.5 Å². The largest absolute Gasteiger partial charge is 0.435 e. The lowest BCUT2D eigenvalue weighted by Gasteiger charge is -2.09. The molecule has 0 heterocycles. The molecule has 6 nitrogen and oxygen atoms in total. The van der Waals surface area contributed by atoms with Crippen LogP contribution in [0.5, 0.6) is 5.75 Å². The molecule has 0 atom stereocenters. The number of amides is 1. The number of carbonyl (C=O) groups is 1. The SMILES string of the molecule is Cc1cc([N+](=O)[O-])ccc1NC(=O)c1ccc(OC(F)F)cc1. The van der Waals surface area contributed by atoms with E-state index in [0.29, 0.717) is 11.3 Å². The lowest BCUT2D eigenvalue weighted by Crippen LogP contribution is -2.13. The summed E-state index contributed by atoms with van der Waals surface area (Å²) in [7, 11) is 0. The quantitative estimate of drug-likeness (QED) is 0.671. The van der Waals surface area contributed by atoms with E-state index in [9.17, 15) is 23.7 Å². The van der Waals surface area contributed by atoms with Gasteiger partial charge in [-0.3, -0.25) is 14.9 Å². The Balaban J connectivity index is 2.11. The number of ether oxygens (including phenoxy) is 1. The van der Waals surface area contributed by atoms with Gasteiger partial charge in [0, 0.05) is 23.4 Å². The second kappa shape index (κ2) is 6.82. The van der Waals surface area contributed by atoms with Crippen LogP contribution in [0.1, 0.15) is 15.9 Å². The van der Waals surface area contributed by atoms with Gasteiger partial charge in [0.2, 0.25) is 0 Å². The van der Waals surface area contributed by atoms with E-state index in [2.05, 4.69) is 10.1 Å². The number of nitro benzene ring substituents is 1. The van der Waals surface area contributed by atoms with Crippen LogP contribution in [0.15, 0.2) is 42.5 Å². The molecule has 0 aliphatic heterocycles. The Bertz CT molecular complexity index is 733. The second-order valence-corrected chi connectivity index (χ2v) is 4.61. The van der Waals surface area contributed by atoms with Crippen LogP contribution in [0.2, 0.25) is 0 Å². The van der Waals surface area contributed by atoms with Crippen molar-refractivity contribution in [1.82, 2.24) is 0 Å². The van der Waals surface area contributed by atoms with Crippen molar-refractivity contribution in [3.63, 3.8) is 0 Å². The number of nitrogens with one attached hydrogen (secondary N) is 1. The second-order valence-electron chi connectivity index (χ2n) is 4.61. The highest BCUT2D eigenvalue weighted by Gasteiger charge is 2.12. The number of nitro groups is 1. The van der Waals surface area contributed by atoms with Crippen molar-refractivity contribution < 1.29 is 23.2 Å². The molecule has 0 aliphatic rings. The fourth-order valence-electron chi connectivity index (χ4n) is 1.88. The summed E-state index contributed by atoms with van der Waals surface area (Å²) in [5.41, 5.74) is 1.12. The predicted molar refractivity (Wildman–Crippen MR) is 78.9 cm³/mol. The normalized spacial score (nSPS) is 10.4. The molecule has 0 saturated heterocycles. The number of nitrogens with zero attached hydrogens (tertiary/aromatic N) is 1. The minimum atomic E-state index is -2.93. The highest BCUT2D eigenvalue weighted by atomic mass is 19.3. The minimum Gasteiger partial charge on any atom is -0.435 e. The first kappa shape index (κ1) is 16.3. The molecule has 0 fully saturated rings. The third kappa shape index (κ3) is 4.22. The number of alkyl halides is 2. The van der Waals surface area contributed by atoms with Gasteiger partial charge < -0.3 is 10.1 Å². The summed E-state index contributed by atoms with van der Waals surface area (Å²) in [4.78, 5) is 22.2. The third-order valence-electron chi connectivity index (χ3n) is 3.01. The average molecular weight is 322 g/mol. The minimum absolute atomic E-state index is 0.0527. The number of hydrogen-bond donors (Lipinski definition) is 1. The number of non-ortho nitro benzene ring substituents is 1. The Morgan fingerprint density at radius 1 is 1.22 bits per heavy atom. The van der Waals surface area contributed by atoms with Gasteiger partial charge in [-0.1, -0.05) is 0 Å². The van der Waals surface area contributed by atoms with Gasteiger partial charge in [0.15, 0.2) is 0 Å². The Hall–Kier alpha value is -3.03. The lowest BCUT2D eigenvalue weighted by molar-refractivity contribution is -0.384. The molecule has 8 heteroatoms.